The van der Waals surface area contributed by atoms with Gasteiger partial charge in [0, 0.05) is 54.4 Å². The van der Waals surface area contributed by atoms with Crippen LogP contribution in [0.15, 0.2) is 30.5 Å². The first-order chi connectivity index (χ1) is 11.3. The van der Waals surface area contributed by atoms with Crippen molar-refractivity contribution >= 4 is 29.2 Å². The molecule has 0 spiro atoms. The van der Waals surface area contributed by atoms with Crippen molar-refractivity contribution in [1.82, 2.24) is 25.8 Å². The molecule has 0 fully saturated rings. The summed E-state index contributed by atoms with van der Waals surface area (Å²) < 4.78 is 0. The maximum absolute atomic E-state index is 12.3. The molecule has 0 bridgehead atoms. The van der Waals surface area contributed by atoms with Gasteiger partial charge in [0.1, 0.15) is 0 Å². The summed E-state index contributed by atoms with van der Waals surface area (Å²) in [5.41, 5.74) is 4.94. The molecule has 1 aromatic carbocycles. The zero-order valence-corrected chi connectivity index (χ0v) is 14.0. The number of fused-ring (bicyclic) bond motifs is 2. The van der Waals surface area contributed by atoms with Crippen LogP contribution in [-0.4, -0.2) is 34.2 Å². The molecule has 7 heteroatoms. The number of H-pyrrole nitrogens is 2. The Morgan fingerprint density at radius 3 is 3.08 bits per heavy atom. The molecule has 1 aliphatic heterocycles. The molecule has 0 saturated carbocycles. The monoisotopic (exact) mass is 345 g/mol. The molecule has 0 atom stereocenters. The van der Waals surface area contributed by atoms with E-state index in [1.807, 2.05) is 18.3 Å². The van der Waals surface area contributed by atoms with Gasteiger partial charge in [-0.3, -0.25) is 9.89 Å². The van der Waals surface area contributed by atoms with Gasteiger partial charge in [-0.15, -0.1) is 12.4 Å². The van der Waals surface area contributed by atoms with Crippen LogP contribution in [0, 0.1) is 0 Å². The number of carbonyl (C=O) groups excluding carboxylic acids is 1. The highest BCUT2D eigenvalue weighted by Crippen LogP contribution is 2.18. The van der Waals surface area contributed by atoms with E-state index in [0.29, 0.717) is 18.8 Å². The van der Waals surface area contributed by atoms with E-state index >= 15 is 0 Å². The zero-order chi connectivity index (χ0) is 15.6. The average molecular weight is 346 g/mol. The van der Waals surface area contributed by atoms with Crippen LogP contribution in [0.5, 0.6) is 0 Å². The summed E-state index contributed by atoms with van der Waals surface area (Å²) in [6.07, 6.45) is 3.70. The molecule has 1 aliphatic rings. The summed E-state index contributed by atoms with van der Waals surface area (Å²) in [4.78, 5) is 15.6. The standard InChI is InChI=1S/C17H19N5O.ClH/c23-17(16-13-10-18-7-6-15(13)21-22-16)19-8-5-11-9-20-14-4-2-1-3-12(11)14;/h1-4,9,18,20H,5-8,10H2,(H,19,23)(H,21,22);1H. The van der Waals surface area contributed by atoms with E-state index in [2.05, 4.69) is 37.9 Å². The van der Waals surface area contributed by atoms with Crippen molar-refractivity contribution in [3.63, 3.8) is 0 Å². The third kappa shape index (κ3) is 3.02. The van der Waals surface area contributed by atoms with E-state index in [0.717, 1.165) is 36.2 Å². The van der Waals surface area contributed by atoms with Crippen molar-refractivity contribution in [2.45, 2.75) is 19.4 Å². The number of hydrogen-bond acceptors (Lipinski definition) is 3. The lowest BCUT2D eigenvalue weighted by molar-refractivity contribution is 0.0948. The highest BCUT2D eigenvalue weighted by molar-refractivity contribution is 5.94. The molecule has 0 aliphatic carbocycles. The van der Waals surface area contributed by atoms with Crippen molar-refractivity contribution in [3.05, 3.63) is 53.0 Å². The second-order valence-electron chi connectivity index (χ2n) is 5.82. The molecular weight excluding hydrogens is 326 g/mol. The summed E-state index contributed by atoms with van der Waals surface area (Å²) in [6, 6.07) is 8.19. The van der Waals surface area contributed by atoms with Gasteiger partial charge in [-0.2, -0.15) is 5.10 Å². The lowest BCUT2D eigenvalue weighted by atomic mass is 10.1. The lowest BCUT2D eigenvalue weighted by Gasteiger charge is -2.12. The van der Waals surface area contributed by atoms with Crippen molar-refractivity contribution in [2.24, 2.45) is 0 Å². The van der Waals surface area contributed by atoms with E-state index < -0.39 is 0 Å². The van der Waals surface area contributed by atoms with Gasteiger partial charge in [0.25, 0.3) is 5.91 Å². The van der Waals surface area contributed by atoms with E-state index in [4.69, 9.17) is 0 Å². The first-order valence-electron chi connectivity index (χ1n) is 7.93. The maximum atomic E-state index is 12.3. The normalized spacial score (nSPS) is 13.3. The Bertz CT molecular complexity index is 854. The summed E-state index contributed by atoms with van der Waals surface area (Å²) in [6.45, 7) is 2.23. The fourth-order valence-electron chi connectivity index (χ4n) is 3.15. The topological polar surface area (TPSA) is 85.6 Å². The van der Waals surface area contributed by atoms with Gasteiger partial charge < -0.3 is 15.6 Å². The summed E-state index contributed by atoms with van der Waals surface area (Å²) in [7, 11) is 0. The van der Waals surface area contributed by atoms with Crippen molar-refractivity contribution < 1.29 is 4.79 Å². The van der Waals surface area contributed by atoms with Crippen LogP contribution in [0.4, 0.5) is 0 Å². The Morgan fingerprint density at radius 1 is 1.29 bits per heavy atom. The van der Waals surface area contributed by atoms with Gasteiger partial charge in [-0.05, 0) is 18.1 Å². The van der Waals surface area contributed by atoms with Crippen molar-refractivity contribution in [2.75, 3.05) is 13.1 Å². The second-order valence-corrected chi connectivity index (χ2v) is 5.82. The van der Waals surface area contributed by atoms with Gasteiger partial charge in [-0.25, -0.2) is 0 Å². The van der Waals surface area contributed by atoms with E-state index in [1.165, 1.54) is 10.9 Å². The Labute approximate surface area is 145 Å². The van der Waals surface area contributed by atoms with Gasteiger partial charge in [0.05, 0.1) is 0 Å². The highest BCUT2D eigenvalue weighted by Gasteiger charge is 2.21. The van der Waals surface area contributed by atoms with Crippen molar-refractivity contribution in [3.8, 4) is 0 Å². The maximum Gasteiger partial charge on any atom is 0.272 e. The molecule has 3 heterocycles. The van der Waals surface area contributed by atoms with Gasteiger partial charge in [0.2, 0.25) is 0 Å². The molecule has 0 radical (unpaired) electrons. The molecule has 126 valence electrons. The Balaban J connectivity index is 0.00000169. The second kappa shape index (κ2) is 7.07. The number of benzene rings is 1. The Kier molecular flexibility index (Phi) is 4.87. The first-order valence-corrected chi connectivity index (χ1v) is 7.93. The molecule has 4 rings (SSSR count). The molecular formula is C17H20ClN5O. The SMILES string of the molecule is Cl.O=C(NCCc1c[nH]c2ccccc12)c1n[nH]c2c1CNCC2. The zero-order valence-electron chi connectivity index (χ0n) is 13.2. The minimum absolute atomic E-state index is 0. The molecule has 0 saturated heterocycles. The summed E-state index contributed by atoms with van der Waals surface area (Å²) in [5.74, 6) is -0.106. The molecule has 24 heavy (non-hydrogen) atoms. The summed E-state index contributed by atoms with van der Waals surface area (Å²) in [5, 5.41) is 14.6. The fourth-order valence-corrected chi connectivity index (χ4v) is 3.15. The molecule has 3 aromatic rings. The average Bonchev–Trinajstić information content (AvgIpc) is 3.19. The number of hydrogen-bond donors (Lipinski definition) is 4. The number of aromatic nitrogens is 3. The van der Waals surface area contributed by atoms with Crippen LogP contribution in [0.25, 0.3) is 10.9 Å². The van der Waals surface area contributed by atoms with Gasteiger partial charge in [-0.1, -0.05) is 18.2 Å². The first kappa shape index (κ1) is 16.5. The quantitative estimate of drug-likeness (QED) is 0.583. The van der Waals surface area contributed by atoms with Crippen LogP contribution >= 0.6 is 12.4 Å². The Hall–Kier alpha value is -2.31. The van der Waals surface area contributed by atoms with Crippen LogP contribution in [0.1, 0.15) is 27.3 Å². The molecule has 6 nitrogen and oxygen atoms in total. The highest BCUT2D eigenvalue weighted by atomic mass is 35.5. The largest absolute Gasteiger partial charge is 0.361 e. The van der Waals surface area contributed by atoms with Gasteiger partial charge in [0.15, 0.2) is 5.69 Å². The number of nitrogens with zero attached hydrogens (tertiary/aromatic N) is 1. The third-order valence-electron chi connectivity index (χ3n) is 4.38. The minimum Gasteiger partial charge on any atom is -0.361 e. The molecule has 0 unspecified atom stereocenters. The molecule has 2 aromatic heterocycles. The number of amides is 1. The minimum atomic E-state index is -0.106. The number of halogens is 1. The number of aromatic amines is 2. The van der Waals surface area contributed by atoms with E-state index in [1.54, 1.807) is 0 Å². The molecule has 1 amide bonds. The fraction of sp³-hybridized carbons (Fsp3) is 0.294. The Morgan fingerprint density at radius 2 is 2.17 bits per heavy atom. The van der Waals surface area contributed by atoms with Gasteiger partial charge >= 0.3 is 0 Å². The number of rotatable bonds is 4. The van der Waals surface area contributed by atoms with E-state index in [9.17, 15) is 4.79 Å². The lowest BCUT2D eigenvalue weighted by Crippen LogP contribution is -2.29. The number of para-hydroxylation sites is 1. The van der Waals surface area contributed by atoms with Crippen LogP contribution in [0.2, 0.25) is 0 Å². The number of nitrogens with one attached hydrogen (secondary N) is 4. The molecule has 4 N–H and O–H groups in total. The van der Waals surface area contributed by atoms with E-state index in [-0.39, 0.29) is 18.3 Å². The predicted molar refractivity (Wildman–Crippen MR) is 95.6 cm³/mol. The van der Waals surface area contributed by atoms with Crippen molar-refractivity contribution in [1.29, 1.82) is 0 Å². The van der Waals surface area contributed by atoms with Crippen LogP contribution in [0.3, 0.4) is 0 Å². The predicted octanol–water partition coefficient (Wildman–Crippen LogP) is 1.93. The van der Waals surface area contributed by atoms with Crippen LogP contribution in [-0.2, 0) is 19.4 Å². The van der Waals surface area contributed by atoms with Crippen LogP contribution < -0.4 is 10.6 Å². The smallest absolute Gasteiger partial charge is 0.272 e. The third-order valence-corrected chi connectivity index (χ3v) is 4.38. The number of carbonyl (C=O) groups is 1. The summed E-state index contributed by atoms with van der Waals surface area (Å²) >= 11 is 0.